The van der Waals surface area contributed by atoms with Crippen LogP contribution in [0, 0.1) is 0 Å². The molecule has 0 saturated carbocycles. The molecule has 1 heterocycles. The molecule has 1 aromatic carbocycles. The molecule has 0 atom stereocenters. The Balaban J connectivity index is 2.53. The maximum atomic E-state index is 11.0. The van der Waals surface area contributed by atoms with Crippen molar-refractivity contribution in [2.75, 3.05) is 11.9 Å². The molecule has 2 N–H and O–H groups in total. The summed E-state index contributed by atoms with van der Waals surface area (Å²) in [6.45, 7) is -0.0575. The second kappa shape index (κ2) is 3.54. The van der Waals surface area contributed by atoms with Gasteiger partial charge in [-0.2, -0.15) is 0 Å². The molecule has 1 aromatic rings. The fraction of sp³-hybridized carbons (Fsp3) is 0.111. The highest BCUT2D eigenvalue weighted by atomic mass is 79.9. The van der Waals surface area contributed by atoms with Crippen molar-refractivity contribution in [1.82, 2.24) is 0 Å². The summed E-state index contributed by atoms with van der Waals surface area (Å²) in [6, 6.07) is 2.79. The summed E-state index contributed by atoms with van der Waals surface area (Å²) in [7, 11) is 0. The normalized spacial score (nSPS) is 13.8. The van der Waals surface area contributed by atoms with Crippen LogP contribution in [0.5, 0.6) is 5.75 Å². The summed E-state index contributed by atoms with van der Waals surface area (Å²) >= 11 is 3.18. The van der Waals surface area contributed by atoms with Crippen LogP contribution >= 0.6 is 15.9 Å². The number of ether oxygens (including phenoxy) is 1. The Morgan fingerprint density at radius 2 is 2.27 bits per heavy atom. The number of anilines is 1. The van der Waals surface area contributed by atoms with E-state index in [0.717, 1.165) is 0 Å². The van der Waals surface area contributed by atoms with E-state index in [4.69, 9.17) is 9.84 Å². The van der Waals surface area contributed by atoms with Crippen LogP contribution in [-0.4, -0.2) is 23.6 Å². The van der Waals surface area contributed by atoms with Crippen molar-refractivity contribution in [3.63, 3.8) is 0 Å². The maximum Gasteiger partial charge on any atom is 0.335 e. The topological polar surface area (TPSA) is 75.6 Å². The van der Waals surface area contributed by atoms with Gasteiger partial charge >= 0.3 is 5.97 Å². The van der Waals surface area contributed by atoms with Crippen LogP contribution in [-0.2, 0) is 4.79 Å². The second-order valence-corrected chi connectivity index (χ2v) is 3.83. The van der Waals surface area contributed by atoms with Crippen molar-refractivity contribution < 1.29 is 19.4 Å². The standard InChI is InChI=1S/C9H6BrNO4/c10-5-1-4(9(13)14)2-6-8(5)15-3-7(12)11-6/h1-2H,3H2,(H,11,12)(H,13,14). The van der Waals surface area contributed by atoms with Gasteiger partial charge in [-0.15, -0.1) is 0 Å². The summed E-state index contributed by atoms with van der Waals surface area (Å²) in [4.78, 5) is 21.8. The second-order valence-electron chi connectivity index (χ2n) is 2.98. The van der Waals surface area contributed by atoms with Crippen molar-refractivity contribution in [1.29, 1.82) is 0 Å². The predicted molar refractivity (Wildman–Crippen MR) is 55.2 cm³/mol. The van der Waals surface area contributed by atoms with Crippen LogP contribution in [0.2, 0.25) is 0 Å². The quantitative estimate of drug-likeness (QED) is 0.811. The highest BCUT2D eigenvalue weighted by Gasteiger charge is 2.20. The third kappa shape index (κ3) is 1.80. The maximum absolute atomic E-state index is 11.0. The number of hydrogen-bond acceptors (Lipinski definition) is 3. The lowest BCUT2D eigenvalue weighted by atomic mass is 10.1. The van der Waals surface area contributed by atoms with Crippen molar-refractivity contribution in [3.05, 3.63) is 22.2 Å². The molecular weight excluding hydrogens is 266 g/mol. The largest absolute Gasteiger partial charge is 0.480 e. The average molecular weight is 272 g/mol. The fourth-order valence-electron chi connectivity index (χ4n) is 1.28. The zero-order chi connectivity index (χ0) is 11.0. The molecule has 5 nitrogen and oxygen atoms in total. The van der Waals surface area contributed by atoms with Gasteiger partial charge < -0.3 is 15.2 Å². The lowest BCUT2D eigenvalue weighted by Gasteiger charge is -2.19. The van der Waals surface area contributed by atoms with Crippen LogP contribution in [0.3, 0.4) is 0 Å². The van der Waals surface area contributed by atoms with Gasteiger partial charge in [0.25, 0.3) is 5.91 Å². The van der Waals surface area contributed by atoms with Crippen molar-refractivity contribution in [3.8, 4) is 5.75 Å². The van der Waals surface area contributed by atoms with Gasteiger partial charge in [-0.1, -0.05) is 0 Å². The van der Waals surface area contributed by atoms with Crippen LogP contribution in [0.4, 0.5) is 5.69 Å². The number of carboxylic acid groups (broad SMARTS) is 1. The molecule has 0 fully saturated rings. The number of carbonyl (C=O) groups is 2. The Hall–Kier alpha value is -1.56. The van der Waals surface area contributed by atoms with Crippen LogP contribution in [0.25, 0.3) is 0 Å². The minimum atomic E-state index is -1.06. The molecule has 2 rings (SSSR count). The number of hydrogen-bond donors (Lipinski definition) is 2. The van der Waals surface area contributed by atoms with Gasteiger partial charge in [0, 0.05) is 0 Å². The molecule has 0 bridgehead atoms. The molecule has 0 aliphatic carbocycles. The van der Waals surface area contributed by atoms with E-state index >= 15 is 0 Å². The van der Waals surface area contributed by atoms with Crippen LogP contribution in [0.15, 0.2) is 16.6 Å². The van der Waals surface area contributed by atoms with E-state index in [0.29, 0.717) is 15.9 Å². The summed E-state index contributed by atoms with van der Waals surface area (Å²) in [6.07, 6.45) is 0. The Bertz CT molecular complexity index is 458. The van der Waals surface area contributed by atoms with Gasteiger partial charge in [0.2, 0.25) is 0 Å². The average Bonchev–Trinajstić information content (AvgIpc) is 2.16. The lowest BCUT2D eigenvalue weighted by molar-refractivity contribution is -0.118. The number of amides is 1. The Morgan fingerprint density at radius 3 is 2.93 bits per heavy atom. The van der Waals surface area contributed by atoms with E-state index in [9.17, 15) is 9.59 Å². The Morgan fingerprint density at radius 1 is 1.53 bits per heavy atom. The fourth-order valence-corrected chi connectivity index (χ4v) is 1.86. The molecule has 0 radical (unpaired) electrons. The van der Waals surface area contributed by atoms with Gasteiger partial charge in [0.05, 0.1) is 15.7 Å². The van der Waals surface area contributed by atoms with E-state index in [2.05, 4.69) is 21.2 Å². The highest BCUT2D eigenvalue weighted by Crippen LogP contribution is 2.36. The molecule has 0 spiro atoms. The Kier molecular flexibility index (Phi) is 2.36. The zero-order valence-corrected chi connectivity index (χ0v) is 9.00. The molecular formula is C9H6BrNO4. The molecule has 0 aromatic heterocycles. The molecule has 1 aliphatic rings. The number of carboxylic acids is 1. The number of fused-ring (bicyclic) bond motifs is 1. The van der Waals surface area contributed by atoms with Gasteiger partial charge in [-0.05, 0) is 28.1 Å². The minimum absolute atomic E-state index is 0.0575. The van der Waals surface area contributed by atoms with Gasteiger partial charge in [-0.3, -0.25) is 4.79 Å². The summed E-state index contributed by atoms with van der Waals surface area (Å²) in [5, 5.41) is 11.3. The minimum Gasteiger partial charge on any atom is -0.480 e. The first-order chi connectivity index (χ1) is 7.08. The van der Waals surface area contributed by atoms with Crippen molar-refractivity contribution in [2.24, 2.45) is 0 Å². The number of rotatable bonds is 1. The molecule has 0 saturated heterocycles. The van der Waals surface area contributed by atoms with Crippen molar-refractivity contribution >= 4 is 33.5 Å². The van der Waals surface area contributed by atoms with E-state index < -0.39 is 5.97 Å². The number of aromatic carboxylic acids is 1. The molecule has 6 heteroatoms. The highest BCUT2D eigenvalue weighted by molar-refractivity contribution is 9.10. The summed E-state index contributed by atoms with van der Waals surface area (Å²) < 4.78 is 5.66. The zero-order valence-electron chi connectivity index (χ0n) is 7.41. The van der Waals surface area contributed by atoms with Crippen LogP contribution < -0.4 is 10.1 Å². The third-order valence-electron chi connectivity index (χ3n) is 1.91. The third-order valence-corrected chi connectivity index (χ3v) is 2.50. The number of halogens is 1. The van der Waals surface area contributed by atoms with E-state index in [1.54, 1.807) is 0 Å². The summed E-state index contributed by atoms with van der Waals surface area (Å²) in [5.41, 5.74) is 0.462. The number of nitrogens with one attached hydrogen (secondary N) is 1. The first kappa shape index (κ1) is 9.97. The van der Waals surface area contributed by atoms with Gasteiger partial charge in [0.1, 0.15) is 0 Å². The smallest absolute Gasteiger partial charge is 0.335 e. The number of carbonyl (C=O) groups excluding carboxylic acids is 1. The molecule has 78 valence electrons. The van der Waals surface area contributed by atoms with E-state index in [1.165, 1.54) is 12.1 Å². The monoisotopic (exact) mass is 271 g/mol. The van der Waals surface area contributed by atoms with Gasteiger partial charge in [-0.25, -0.2) is 4.79 Å². The van der Waals surface area contributed by atoms with E-state index in [1.807, 2.05) is 0 Å². The first-order valence-electron chi connectivity index (χ1n) is 4.07. The molecule has 15 heavy (non-hydrogen) atoms. The Labute approximate surface area is 93.2 Å². The molecule has 1 amide bonds. The lowest BCUT2D eigenvalue weighted by Crippen LogP contribution is -2.25. The summed E-state index contributed by atoms with van der Waals surface area (Å²) in [5.74, 6) is -0.894. The first-order valence-corrected chi connectivity index (χ1v) is 4.86. The van der Waals surface area contributed by atoms with Crippen LogP contribution in [0.1, 0.15) is 10.4 Å². The molecule has 1 aliphatic heterocycles. The van der Waals surface area contributed by atoms with Crippen molar-refractivity contribution in [2.45, 2.75) is 0 Å². The SMILES string of the molecule is O=C1COc2c(Br)cc(C(=O)O)cc2N1. The number of benzene rings is 1. The predicted octanol–water partition coefficient (Wildman–Crippen LogP) is 1.48. The van der Waals surface area contributed by atoms with Gasteiger partial charge in [0.15, 0.2) is 12.4 Å². The molecule has 0 unspecified atom stereocenters. The van der Waals surface area contributed by atoms with E-state index in [-0.39, 0.29) is 18.1 Å².